The number of fused-ring (bicyclic) bond motifs is 2. The van der Waals surface area contributed by atoms with Gasteiger partial charge in [-0.15, -0.1) is 11.3 Å². The van der Waals surface area contributed by atoms with Crippen molar-refractivity contribution in [3.63, 3.8) is 0 Å². The maximum Gasteiger partial charge on any atom is 0.323 e. The van der Waals surface area contributed by atoms with Crippen LogP contribution in [0.2, 0.25) is 0 Å². The summed E-state index contributed by atoms with van der Waals surface area (Å²) in [6.07, 6.45) is 7.08. The molecular weight excluding hydrogens is 408 g/mol. The van der Waals surface area contributed by atoms with Gasteiger partial charge in [0.1, 0.15) is 0 Å². The number of anilines is 1. The summed E-state index contributed by atoms with van der Waals surface area (Å²) in [6.45, 7) is 2.05. The fourth-order valence-corrected chi connectivity index (χ4v) is 5.92. The second-order valence-corrected chi connectivity index (χ2v) is 9.53. The highest BCUT2D eigenvalue weighted by Gasteiger charge is 2.40. The normalized spacial score (nSPS) is 22.4. The Morgan fingerprint density at radius 2 is 2.00 bits per heavy atom. The molecule has 0 radical (unpaired) electrons. The van der Waals surface area contributed by atoms with Crippen LogP contribution in [0.5, 0.6) is 0 Å². The number of hydrogen-bond donors (Lipinski definition) is 2. The number of aromatic amines is 1. The molecule has 3 aromatic rings. The topological polar surface area (TPSA) is 68.4 Å². The second-order valence-electron chi connectivity index (χ2n) is 8.58. The Labute approximate surface area is 184 Å². The van der Waals surface area contributed by atoms with Gasteiger partial charge >= 0.3 is 6.03 Å². The number of nitrogens with one attached hydrogen (secondary N) is 2. The summed E-state index contributed by atoms with van der Waals surface area (Å²) >= 11 is 1.50. The quantitative estimate of drug-likeness (QED) is 0.633. The number of amides is 3. The molecule has 1 aliphatic carbocycles. The van der Waals surface area contributed by atoms with E-state index in [1.807, 2.05) is 33.4 Å². The zero-order valence-corrected chi connectivity index (χ0v) is 18.0. The van der Waals surface area contributed by atoms with Crippen LogP contribution in [0.3, 0.4) is 0 Å². The maximum absolute atomic E-state index is 13.4. The number of nitrogens with zero attached hydrogens (tertiary/aromatic N) is 2. The van der Waals surface area contributed by atoms with Crippen LogP contribution in [0, 0.1) is 5.92 Å². The van der Waals surface area contributed by atoms with E-state index in [1.54, 1.807) is 0 Å². The lowest BCUT2D eigenvalue weighted by Crippen LogP contribution is -2.52. The average Bonchev–Trinajstić information content (AvgIpc) is 3.56. The minimum atomic E-state index is -0.311. The van der Waals surface area contributed by atoms with Crippen LogP contribution in [-0.2, 0) is 11.2 Å². The highest BCUT2D eigenvalue weighted by atomic mass is 32.1. The van der Waals surface area contributed by atoms with Gasteiger partial charge in [-0.1, -0.05) is 18.2 Å². The largest absolute Gasteiger partial charge is 0.361 e. The number of benzene rings is 1. The lowest BCUT2D eigenvalue weighted by molar-refractivity contribution is -0.133. The molecule has 0 spiro atoms. The fourth-order valence-electron chi connectivity index (χ4n) is 5.32. The minimum absolute atomic E-state index is 0.0727. The van der Waals surface area contributed by atoms with E-state index in [0.29, 0.717) is 6.54 Å². The van der Waals surface area contributed by atoms with E-state index in [9.17, 15) is 9.59 Å². The standard InChI is InChI=1S/C24H24N4O2S/c29-23(27-8-1-2-9-27)16-11-18-17-5-3-6-19-22(17)15(13-25-19)12-20(18)28(14-16)24(30)26-21-7-4-10-31-21/h3-7,10-11,13,16,20,25H,1-2,8-9,12,14H2,(H,26,30)/t16-,20-/m1/s1. The van der Waals surface area contributed by atoms with Crippen LogP contribution in [0.15, 0.2) is 48.0 Å². The van der Waals surface area contributed by atoms with E-state index in [1.165, 1.54) is 22.3 Å². The molecule has 0 saturated carbocycles. The second kappa shape index (κ2) is 7.27. The van der Waals surface area contributed by atoms with E-state index in [2.05, 4.69) is 34.7 Å². The van der Waals surface area contributed by atoms with E-state index in [4.69, 9.17) is 0 Å². The summed E-state index contributed by atoms with van der Waals surface area (Å²) in [5.41, 5.74) is 4.57. The van der Waals surface area contributed by atoms with Gasteiger partial charge in [-0.2, -0.15) is 0 Å². The van der Waals surface area contributed by atoms with E-state index in [0.717, 1.165) is 54.0 Å². The third-order valence-corrected chi connectivity index (χ3v) is 7.55. The van der Waals surface area contributed by atoms with Crippen molar-refractivity contribution in [3.8, 4) is 0 Å². The average molecular weight is 433 g/mol. The van der Waals surface area contributed by atoms with Crippen molar-refractivity contribution in [2.24, 2.45) is 5.92 Å². The number of thiophene rings is 1. The number of likely N-dealkylation sites (tertiary alicyclic amines) is 1. The van der Waals surface area contributed by atoms with Crippen molar-refractivity contribution in [1.82, 2.24) is 14.8 Å². The van der Waals surface area contributed by atoms with Gasteiger partial charge in [-0.3, -0.25) is 10.1 Å². The Balaban J connectivity index is 1.41. The zero-order chi connectivity index (χ0) is 20.9. The number of rotatable bonds is 2. The van der Waals surface area contributed by atoms with Crippen molar-refractivity contribution >= 4 is 44.8 Å². The number of H-pyrrole nitrogens is 1. The first-order valence-corrected chi connectivity index (χ1v) is 11.8. The molecule has 2 aromatic heterocycles. The first-order valence-electron chi connectivity index (χ1n) is 10.9. The predicted octanol–water partition coefficient (Wildman–Crippen LogP) is 4.32. The number of carbonyl (C=O) groups excluding carboxylic acids is 2. The molecule has 0 unspecified atom stereocenters. The van der Waals surface area contributed by atoms with Gasteiger partial charge < -0.3 is 14.8 Å². The molecular formula is C24H24N4O2S. The summed E-state index contributed by atoms with van der Waals surface area (Å²) in [7, 11) is 0. The molecule has 6 rings (SSSR count). The third-order valence-electron chi connectivity index (χ3n) is 6.77. The molecule has 2 N–H and O–H groups in total. The lowest BCUT2D eigenvalue weighted by Gasteiger charge is -2.42. The first kappa shape index (κ1) is 18.7. The van der Waals surface area contributed by atoms with Crippen LogP contribution in [0.4, 0.5) is 9.80 Å². The molecule has 1 aromatic carbocycles. The van der Waals surface area contributed by atoms with Crippen LogP contribution < -0.4 is 5.32 Å². The fraction of sp³-hybridized carbons (Fsp3) is 0.333. The zero-order valence-electron chi connectivity index (χ0n) is 17.1. The minimum Gasteiger partial charge on any atom is -0.361 e. The predicted molar refractivity (Wildman–Crippen MR) is 123 cm³/mol. The highest BCUT2D eigenvalue weighted by molar-refractivity contribution is 7.14. The lowest BCUT2D eigenvalue weighted by atomic mass is 9.79. The van der Waals surface area contributed by atoms with Gasteiger partial charge in [0.05, 0.1) is 17.0 Å². The summed E-state index contributed by atoms with van der Waals surface area (Å²) in [5.74, 6) is -0.168. The highest BCUT2D eigenvalue weighted by Crippen LogP contribution is 2.41. The molecule has 158 valence electrons. The van der Waals surface area contributed by atoms with Gasteiger partial charge in [-0.05, 0) is 59.5 Å². The third kappa shape index (κ3) is 3.07. The van der Waals surface area contributed by atoms with E-state index >= 15 is 0 Å². The molecule has 1 saturated heterocycles. The Kier molecular flexibility index (Phi) is 4.38. The Morgan fingerprint density at radius 1 is 1.13 bits per heavy atom. The van der Waals surface area contributed by atoms with Gasteiger partial charge in [-0.25, -0.2) is 4.79 Å². The SMILES string of the molecule is O=C([C@@H]1C=C2c3cccc4[nH]cc(c34)C[C@H]2N(C(=O)Nc2cccs2)C1)N1CCCC1. The summed E-state index contributed by atoms with van der Waals surface area (Å²) < 4.78 is 0. The van der Waals surface area contributed by atoms with E-state index < -0.39 is 0 Å². The molecule has 31 heavy (non-hydrogen) atoms. The van der Waals surface area contributed by atoms with Crippen LogP contribution in [0.25, 0.3) is 16.5 Å². The van der Waals surface area contributed by atoms with Crippen molar-refractivity contribution in [3.05, 3.63) is 59.1 Å². The van der Waals surface area contributed by atoms with Crippen LogP contribution in [-0.4, -0.2) is 52.4 Å². The molecule has 4 heterocycles. The Bertz CT molecular complexity index is 1190. The van der Waals surface area contributed by atoms with Gasteiger partial charge in [0.25, 0.3) is 0 Å². The molecule has 3 amide bonds. The molecule has 7 heteroatoms. The van der Waals surface area contributed by atoms with Crippen LogP contribution in [0.1, 0.15) is 24.0 Å². The summed E-state index contributed by atoms with van der Waals surface area (Å²) in [5, 5.41) is 7.03. The molecule has 3 aliphatic rings. The molecule has 2 atom stereocenters. The molecule has 0 bridgehead atoms. The number of aromatic nitrogens is 1. The van der Waals surface area contributed by atoms with Gasteiger partial charge in [0.2, 0.25) is 5.91 Å². The summed E-state index contributed by atoms with van der Waals surface area (Å²) in [6, 6.07) is 9.87. The van der Waals surface area contributed by atoms with Crippen LogP contribution >= 0.6 is 11.3 Å². The van der Waals surface area contributed by atoms with Crippen molar-refractivity contribution in [2.75, 3.05) is 25.0 Å². The van der Waals surface area contributed by atoms with Crippen molar-refractivity contribution in [1.29, 1.82) is 0 Å². The molecule has 1 fully saturated rings. The maximum atomic E-state index is 13.4. The Morgan fingerprint density at radius 3 is 2.81 bits per heavy atom. The van der Waals surface area contributed by atoms with Gasteiger partial charge in [0, 0.05) is 36.7 Å². The first-order chi connectivity index (χ1) is 15.2. The monoisotopic (exact) mass is 432 g/mol. The molecule has 2 aliphatic heterocycles. The molecule has 6 nitrogen and oxygen atoms in total. The number of urea groups is 1. The summed E-state index contributed by atoms with van der Waals surface area (Å²) in [4.78, 5) is 33.9. The van der Waals surface area contributed by atoms with Crippen molar-refractivity contribution in [2.45, 2.75) is 25.3 Å². The number of hydrogen-bond acceptors (Lipinski definition) is 3. The van der Waals surface area contributed by atoms with Gasteiger partial charge in [0.15, 0.2) is 0 Å². The van der Waals surface area contributed by atoms with E-state index in [-0.39, 0.29) is 23.9 Å². The smallest absolute Gasteiger partial charge is 0.323 e. The number of carbonyl (C=O) groups is 2. The van der Waals surface area contributed by atoms with Crippen molar-refractivity contribution < 1.29 is 9.59 Å². The Hall–Kier alpha value is -3.06.